The van der Waals surface area contributed by atoms with Gasteiger partial charge in [-0.3, -0.25) is 0 Å². The van der Waals surface area contributed by atoms with Crippen molar-refractivity contribution in [2.45, 2.75) is 30.6 Å². The van der Waals surface area contributed by atoms with Crippen molar-refractivity contribution in [1.82, 2.24) is 5.09 Å². The van der Waals surface area contributed by atoms with Gasteiger partial charge in [-0.25, -0.2) is 14.9 Å². The van der Waals surface area contributed by atoms with E-state index in [9.17, 15) is 19.9 Å². The van der Waals surface area contributed by atoms with Gasteiger partial charge in [0.25, 0.3) is 0 Å². The zero-order valence-electron chi connectivity index (χ0n) is 8.45. The van der Waals surface area contributed by atoms with Crippen LogP contribution in [0.5, 0.6) is 0 Å². The molecule has 1 aliphatic rings. The van der Waals surface area contributed by atoms with Gasteiger partial charge in [-0.1, -0.05) is 0 Å². The van der Waals surface area contributed by atoms with Gasteiger partial charge in [0.2, 0.25) is 0 Å². The smallest absolute Gasteiger partial charge is 0.394 e. The van der Waals surface area contributed by atoms with Gasteiger partial charge in [-0.05, 0) is 0 Å². The van der Waals surface area contributed by atoms with Gasteiger partial charge < -0.3 is 30.1 Å². The van der Waals surface area contributed by atoms with Crippen LogP contribution in [0.3, 0.4) is 0 Å². The molecule has 7 N–H and O–H groups in total. The molecule has 0 spiro atoms. The molecule has 0 amide bonds. The molecule has 0 aromatic rings. The molecule has 3 unspecified atom stereocenters. The van der Waals surface area contributed by atoms with Crippen LogP contribution in [0.2, 0.25) is 0 Å². The second-order valence-electron chi connectivity index (χ2n) is 3.49. The molecule has 0 aromatic carbocycles. The third-order valence-electron chi connectivity index (χ3n) is 2.32. The van der Waals surface area contributed by atoms with E-state index >= 15 is 0 Å². The van der Waals surface area contributed by atoms with Crippen molar-refractivity contribution >= 4 is 7.75 Å². The van der Waals surface area contributed by atoms with Gasteiger partial charge >= 0.3 is 7.75 Å². The molecule has 11 heteroatoms. The molecule has 1 heterocycles. The standard InChI is InChI=1S/C6H14NO9P/c8-1-2-4(9)5(10)3(6(11)15-2)7-17(13,14)16-12/h2-6,8-12H,1H2,(H2,7,13,14)/t2?,3?,4-,5-,6+/m0/s1. The summed E-state index contributed by atoms with van der Waals surface area (Å²) in [5.74, 6) is 0. The number of aliphatic hydroxyl groups is 4. The highest BCUT2D eigenvalue weighted by Crippen LogP contribution is 2.38. The van der Waals surface area contributed by atoms with E-state index in [1.165, 1.54) is 0 Å². The van der Waals surface area contributed by atoms with Crippen LogP contribution in [0.1, 0.15) is 0 Å². The van der Waals surface area contributed by atoms with E-state index in [2.05, 4.69) is 9.41 Å². The minimum Gasteiger partial charge on any atom is -0.394 e. The Bertz CT molecular complexity index is 301. The van der Waals surface area contributed by atoms with E-state index in [0.29, 0.717) is 0 Å². The number of rotatable bonds is 4. The van der Waals surface area contributed by atoms with Gasteiger partial charge in [0.05, 0.1) is 12.6 Å². The maximum absolute atomic E-state index is 11.0. The van der Waals surface area contributed by atoms with E-state index in [0.717, 1.165) is 0 Å². The predicted molar refractivity (Wildman–Crippen MR) is 50.4 cm³/mol. The second kappa shape index (κ2) is 5.67. The topological polar surface area (TPSA) is 169 Å². The molecule has 102 valence electrons. The third-order valence-corrected chi connectivity index (χ3v) is 3.17. The molecule has 0 bridgehead atoms. The van der Waals surface area contributed by atoms with Crippen LogP contribution in [0.15, 0.2) is 0 Å². The zero-order chi connectivity index (χ0) is 13.2. The lowest BCUT2D eigenvalue weighted by Gasteiger charge is -2.40. The largest absolute Gasteiger partial charge is 0.430 e. The van der Waals surface area contributed by atoms with Crippen LogP contribution in [0.25, 0.3) is 0 Å². The number of hydrogen-bond donors (Lipinski definition) is 7. The van der Waals surface area contributed by atoms with Crippen molar-refractivity contribution in [2.75, 3.05) is 6.61 Å². The van der Waals surface area contributed by atoms with Crippen LogP contribution in [0.4, 0.5) is 0 Å². The number of ether oxygens (including phenoxy) is 1. The number of aliphatic hydroxyl groups excluding tert-OH is 4. The molecule has 10 nitrogen and oxygen atoms in total. The molecular weight excluding hydrogens is 261 g/mol. The van der Waals surface area contributed by atoms with E-state index < -0.39 is 45.0 Å². The van der Waals surface area contributed by atoms with Gasteiger partial charge in [-0.2, -0.15) is 0 Å². The molecule has 0 saturated carbocycles. The summed E-state index contributed by atoms with van der Waals surface area (Å²) in [5.41, 5.74) is 0. The van der Waals surface area contributed by atoms with Gasteiger partial charge in [0.15, 0.2) is 6.29 Å². The van der Waals surface area contributed by atoms with Crippen molar-refractivity contribution < 1.29 is 44.6 Å². The lowest BCUT2D eigenvalue weighted by molar-refractivity contribution is -0.253. The fraction of sp³-hybridized carbons (Fsp3) is 1.00. The fourth-order valence-corrected chi connectivity index (χ4v) is 2.15. The Labute approximate surface area is 95.5 Å². The maximum Gasteiger partial charge on any atom is 0.430 e. The van der Waals surface area contributed by atoms with E-state index in [4.69, 9.17) is 15.3 Å². The molecule has 6 atom stereocenters. The van der Waals surface area contributed by atoms with Crippen LogP contribution >= 0.6 is 7.75 Å². The lowest BCUT2D eigenvalue weighted by Crippen LogP contribution is -2.62. The first-order chi connectivity index (χ1) is 7.82. The minimum atomic E-state index is -4.64. The molecule has 1 aliphatic heterocycles. The molecule has 1 fully saturated rings. The summed E-state index contributed by atoms with van der Waals surface area (Å²) in [7, 11) is -4.64. The number of hydrogen-bond acceptors (Lipinski definition) is 8. The zero-order valence-corrected chi connectivity index (χ0v) is 9.34. The van der Waals surface area contributed by atoms with Crippen LogP contribution in [-0.2, 0) is 14.0 Å². The Balaban J connectivity index is 2.76. The summed E-state index contributed by atoms with van der Waals surface area (Å²) >= 11 is 0. The highest BCUT2D eigenvalue weighted by atomic mass is 31.2. The van der Waals surface area contributed by atoms with Crippen molar-refractivity contribution in [3.05, 3.63) is 0 Å². The fourth-order valence-electron chi connectivity index (χ4n) is 1.45. The minimum absolute atomic E-state index is 0.657. The Morgan fingerprint density at radius 1 is 1.29 bits per heavy atom. The van der Waals surface area contributed by atoms with E-state index in [-0.39, 0.29) is 0 Å². The highest BCUT2D eigenvalue weighted by molar-refractivity contribution is 7.50. The van der Waals surface area contributed by atoms with Crippen molar-refractivity contribution in [3.63, 3.8) is 0 Å². The average Bonchev–Trinajstić information content (AvgIpc) is 2.29. The SMILES string of the molecule is O=P(O)(NC1[C@H](O)OC(CO)[C@H](O)[C@H]1O)OO. The van der Waals surface area contributed by atoms with Crippen molar-refractivity contribution in [3.8, 4) is 0 Å². The molecule has 1 rings (SSSR count). The Kier molecular flexibility index (Phi) is 4.98. The van der Waals surface area contributed by atoms with Gasteiger partial charge in [0, 0.05) is 0 Å². The molecule has 1 saturated heterocycles. The summed E-state index contributed by atoms with van der Waals surface area (Å²) in [6, 6.07) is -1.57. The first-order valence-corrected chi connectivity index (χ1v) is 6.14. The average molecular weight is 275 g/mol. The summed E-state index contributed by atoms with van der Waals surface area (Å²) in [5, 5.41) is 46.9. The quantitative estimate of drug-likeness (QED) is 0.159. The lowest BCUT2D eigenvalue weighted by atomic mass is 9.98. The monoisotopic (exact) mass is 275 g/mol. The molecular formula is C6H14NO9P. The van der Waals surface area contributed by atoms with E-state index in [1.54, 1.807) is 5.09 Å². The summed E-state index contributed by atoms with van der Waals surface area (Å²) < 4.78 is 18.9. The van der Waals surface area contributed by atoms with Crippen LogP contribution < -0.4 is 5.09 Å². The summed E-state index contributed by atoms with van der Waals surface area (Å²) in [6.07, 6.45) is -6.29. The Morgan fingerprint density at radius 2 is 1.88 bits per heavy atom. The molecule has 0 radical (unpaired) electrons. The van der Waals surface area contributed by atoms with Crippen LogP contribution in [0, 0.1) is 0 Å². The van der Waals surface area contributed by atoms with Crippen molar-refractivity contribution in [2.24, 2.45) is 0 Å². The number of nitrogens with one attached hydrogen (secondary N) is 1. The molecule has 0 aromatic heterocycles. The highest BCUT2D eigenvalue weighted by Gasteiger charge is 2.46. The van der Waals surface area contributed by atoms with Gasteiger partial charge in [-0.15, -0.1) is 4.67 Å². The predicted octanol–water partition coefficient (Wildman–Crippen LogP) is -3.03. The third kappa shape index (κ3) is 3.42. The Morgan fingerprint density at radius 3 is 2.35 bits per heavy atom. The van der Waals surface area contributed by atoms with Crippen molar-refractivity contribution in [1.29, 1.82) is 0 Å². The van der Waals surface area contributed by atoms with E-state index in [1.807, 2.05) is 0 Å². The molecule has 0 aliphatic carbocycles. The first-order valence-electron chi connectivity index (χ1n) is 4.56. The first kappa shape index (κ1) is 14.9. The normalized spacial score (nSPS) is 42.1. The second-order valence-corrected chi connectivity index (χ2v) is 4.95. The Hall–Kier alpha value is -0.130. The summed E-state index contributed by atoms with van der Waals surface area (Å²) in [4.78, 5) is 8.88. The molecule has 17 heavy (non-hydrogen) atoms. The van der Waals surface area contributed by atoms with Gasteiger partial charge in [0.1, 0.15) is 18.3 Å². The summed E-state index contributed by atoms with van der Waals surface area (Å²) in [6.45, 7) is -0.657. The maximum atomic E-state index is 11.0. The van der Waals surface area contributed by atoms with Crippen LogP contribution in [-0.4, -0.2) is 67.8 Å².